The second-order valence-corrected chi connectivity index (χ2v) is 5.30. The van der Waals surface area contributed by atoms with Crippen molar-refractivity contribution in [2.45, 2.75) is 12.6 Å². The summed E-state index contributed by atoms with van der Waals surface area (Å²) in [6.07, 6.45) is 3.65. The Balaban J connectivity index is 1.66. The molecule has 3 aromatic rings. The van der Waals surface area contributed by atoms with Gasteiger partial charge in [0.15, 0.2) is 0 Å². The average molecular weight is 311 g/mol. The summed E-state index contributed by atoms with van der Waals surface area (Å²) in [7, 11) is 0. The molecule has 3 rings (SSSR count). The van der Waals surface area contributed by atoms with E-state index >= 15 is 0 Å². The number of aromatic nitrogens is 2. The lowest BCUT2D eigenvalue weighted by Crippen LogP contribution is -2.23. The second-order valence-electron chi connectivity index (χ2n) is 5.30. The predicted molar refractivity (Wildman–Crippen MR) is 86.6 cm³/mol. The summed E-state index contributed by atoms with van der Waals surface area (Å²) in [6, 6.07) is 15.9. The largest absolute Gasteiger partial charge is 0.394 e. The quantitative estimate of drug-likeness (QED) is 0.736. The summed E-state index contributed by atoms with van der Waals surface area (Å²) in [5.41, 5.74) is 2.84. The van der Waals surface area contributed by atoms with Crippen molar-refractivity contribution in [2.75, 3.05) is 6.61 Å². The van der Waals surface area contributed by atoms with Crippen LogP contribution in [0.1, 0.15) is 17.2 Å². The van der Waals surface area contributed by atoms with Gasteiger partial charge in [0, 0.05) is 18.3 Å². The SMILES string of the molecule is OCC(NCc1cnn(-c2ccc(F)cc2)c1)c1ccccc1. The zero-order valence-electron chi connectivity index (χ0n) is 12.6. The van der Waals surface area contributed by atoms with Crippen LogP contribution in [0.25, 0.3) is 5.69 Å². The number of hydrogen-bond donors (Lipinski definition) is 2. The fourth-order valence-electron chi connectivity index (χ4n) is 2.40. The lowest BCUT2D eigenvalue weighted by molar-refractivity contribution is 0.243. The number of rotatable bonds is 6. The van der Waals surface area contributed by atoms with Crippen molar-refractivity contribution >= 4 is 0 Å². The molecule has 0 amide bonds. The Morgan fingerprint density at radius 2 is 1.83 bits per heavy atom. The first-order valence-electron chi connectivity index (χ1n) is 7.45. The van der Waals surface area contributed by atoms with E-state index in [-0.39, 0.29) is 18.5 Å². The molecule has 0 aliphatic carbocycles. The van der Waals surface area contributed by atoms with Crippen molar-refractivity contribution in [3.05, 3.63) is 83.9 Å². The zero-order valence-corrected chi connectivity index (χ0v) is 12.6. The minimum Gasteiger partial charge on any atom is -0.394 e. The van der Waals surface area contributed by atoms with Gasteiger partial charge in [0.2, 0.25) is 0 Å². The van der Waals surface area contributed by atoms with Crippen molar-refractivity contribution in [2.24, 2.45) is 0 Å². The maximum Gasteiger partial charge on any atom is 0.123 e. The molecule has 1 aromatic heterocycles. The van der Waals surface area contributed by atoms with E-state index in [1.165, 1.54) is 12.1 Å². The van der Waals surface area contributed by atoms with Gasteiger partial charge in [0.1, 0.15) is 5.82 Å². The molecule has 1 heterocycles. The first-order chi connectivity index (χ1) is 11.3. The van der Waals surface area contributed by atoms with Crippen LogP contribution in [0, 0.1) is 5.82 Å². The smallest absolute Gasteiger partial charge is 0.123 e. The van der Waals surface area contributed by atoms with Crippen molar-refractivity contribution in [1.29, 1.82) is 0 Å². The molecular formula is C18H18FN3O. The van der Waals surface area contributed by atoms with Crippen molar-refractivity contribution in [1.82, 2.24) is 15.1 Å². The molecule has 0 fully saturated rings. The van der Waals surface area contributed by atoms with E-state index in [9.17, 15) is 9.50 Å². The van der Waals surface area contributed by atoms with Crippen LogP contribution in [0.5, 0.6) is 0 Å². The van der Waals surface area contributed by atoms with Crippen molar-refractivity contribution in [3.8, 4) is 5.69 Å². The Labute approximate surface area is 134 Å². The molecule has 2 N–H and O–H groups in total. The molecule has 5 heteroatoms. The molecule has 0 aliphatic rings. The van der Waals surface area contributed by atoms with Crippen LogP contribution in [0.3, 0.4) is 0 Å². The second kappa shape index (κ2) is 7.17. The van der Waals surface area contributed by atoms with Crippen LogP contribution < -0.4 is 5.32 Å². The van der Waals surface area contributed by atoms with Crippen LogP contribution in [0.4, 0.5) is 4.39 Å². The highest BCUT2D eigenvalue weighted by Crippen LogP contribution is 2.14. The minimum atomic E-state index is -0.267. The summed E-state index contributed by atoms with van der Waals surface area (Å²) in [5, 5.41) is 17.1. The summed E-state index contributed by atoms with van der Waals surface area (Å²) in [6.45, 7) is 0.609. The van der Waals surface area contributed by atoms with Gasteiger partial charge in [-0.15, -0.1) is 0 Å². The third-order valence-corrected chi connectivity index (χ3v) is 3.66. The molecule has 0 saturated carbocycles. The van der Waals surface area contributed by atoms with Gasteiger partial charge in [0.05, 0.1) is 24.5 Å². The van der Waals surface area contributed by atoms with E-state index < -0.39 is 0 Å². The summed E-state index contributed by atoms with van der Waals surface area (Å²) < 4.78 is 14.7. The topological polar surface area (TPSA) is 50.1 Å². The molecular weight excluding hydrogens is 293 g/mol. The maximum atomic E-state index is 13.0. The van der Waals surface area contributed by atoms with Gasteiger partial charge in [-0.1, -0.05) is 30.3 Å². The highest BCUT2D eigenvalue weighted by molar-refractivity contribution is 5.31. The molecule has 1 atom stereocenters. The van der Waals surface area contributed by atoms with Gasteiger partial charge in [-0.3, -0.25) is 0 Å². The molecule has 0 saturated heterocycles. The van der Waals surface area contributed by atoms with Crippen molar-refractivity contribution in [3.63, 3.8) is 0 Å². The number of benzene rings is 2. The third-order valence-electron chi connectivity index (χ3n) is 3.66. The summed E-state index contributed by atoms with van der Waals surface area (Å²) >= 11 is 0. The summed E-state index contributed by atoms with van der Waals surface area (Å²) in [4.78, 5) is 0. The number of halogens is 1. The first-order valence-corrected chi connectivity index (χ1v) is 7.45. The highest BCUT2D eigenvalue weighted by atomic mass is 19.1. The van der Waals surface area contributed by atoms with Crippen LogP contribution in [-0.2, 0) is 6.54 Å². The highest BCUT2D eigenvalue weighted by Gasteiger charge is 2.10. The fourth-order valence-corrected chi connectivity index (χ4v) is 2.40. The van der Waals surface area contributed by atoms with E-state index in [1.807, 2.05) is 36.5 Å². The molecule has 2 aromatic carbocycles. The Morgan fingerprint density at radius 1 is 1.09 bits per heavy atom. The molecule has 1 unspecified atom stereocenters. The third kappa shape index (κ3) is 3.83. The van der Waals surface area contributed by atoms with Crippen molar-refractivity contribution < 1.29 is 9.50 Å². The van der Waals surface area contributed by atoms with E-state index in [2.05, 4.69) is 10.4 Å². The van der Waals surface area contributed by atoms with Gasteiger partial charge in [-0.2, -0.15) is 5.10 Å². The Bertz CT molecular complexity index is 740. The normalized spacial score (nSPS) is 12.3. The van der Waals surface area contributed by atoms with Gasteiger partial charge in [0.25, 0.3) is 0 Å². The molecule has 4 nitrogen and oxygen atoms in total. The average Bonchev–Trinajstić information content (AvgIpc) is 3.06. The lowest BCUT2D eigenvalue weighted by Gasteiger charge is -2.16. The zero-order chi connectivity index (χ0) is 16.1. The maximum absolute atomic E-state index is 13.0. The molecule has 118 valence electrons. The Morgan fingerprint density at radius 3 is 2.52 bits per heavy atom. The first kappa shape index (κ1) is 15.4. The van der Waals surface area contributed by atoms with E-state index in [0.717, 1.165) is 16.8 Å². The fraction of sp³-hybridized carbons (Fsp3) is 0.167. The standard InChI is InChI=1S/C18H18FN3O/c19-16-6-8-17(9-7-16)22-12-14(11-21-22)10-20-18(13-23)15-4-2-1-3-5-15/h1-9,11-12,18,20,23H,10,13H2. The number of aliphatic hydroxyl groups is 1. The summed E-state index contributed by atoms with van der Waals surface area (Å²) in [5.74, 6) is -0.267. The van der Waals surface area contributed by atoms with Crippen LogP contribution >= 0.6 is 0 Å². The van der Waals surface area contributed by atoms with E-state index in [4.69, 9.17) is 0 Å². The van der Waals surface area contributed by atoms with Crippen LogP contribution in [0.15, 0.2) is 67.0 Å². The molecule has 0 radical (unpaired) electrons. The molecule has 0 aliphatic heterocycles. The minimum absolute atomic E-state index is 0.0239. The Hall–Kier alpha value is -2.50. The van der Waals surface area contributed by atoms with Gasteiger partial charge in [-0.05, 0) is 29.8 Å². The van der Waals surface area contributed by atoms with Crippen LogP contribution in [-0.4, -0.2) is 21.5 Å². The van der Waals surface area contributed by atoms with Gasteiger partial charge < -0.3 is 10.4 Å². The molecule has 0 bridgehead atoms. The lowest BCUT2D eigenvalue weighted by atomic mass is 10.1. The number of nitrogens with one attached hydrogen (secondary N) is 1. The van der Waals surface area contributed by atoms with Gasteiger partial charge in [-0.25, -0.2) is 9.07 Å². The van der Waals surface area contributed by atoms with Crippen LogP contribution in [0.2, 0.25) is 0 Å². The monoisotopic (exact) mass is 311 g/mol. The van der Waals surface area contributed by atoms with E-state index in [0.29, 0.717) is 6.54 Å². The van der Waals surface area contributed by atoms with Gasteiger partial charge >= 0.3 is 0 Å². The number of hydrogen-bond acceptors (Lipinski definition) is 3. The molecule has 23 heavy (non-hydrogen) atoms. The van der Waals surface area contributed by atoms with E-state index in [1.54, 1.807) is 23.0 Å². The predicted octanol–water partition coefficient (Wildman–Crippen LogP) is 2.83. The molecule has 0 spiro atoms. The number of aliphatic hydroxyl groups excluding tert-OH is 1. The Kier molecular flexibility index (Phi) is 4.80. The number of nitrogens with zero attached hydrogens (tertiary/aromatic N) is 2.